The molecule has 0 bridgehead atoms. The molecule has 2 aliphatic rings. The van der Waals surface area contributed by atoms with E-state index in [0.717, 1.165) is 31.7 Å². The minimum absolute atomic E-state index is 0.0217. The van der Waals surface area contributed by atoms with Crippen molar-refractivity contribution in [1.82, 2.24) is 19.6 Å². The lowest BCUT2D eigenvalue weighted by Crippen LogP contribution is -2.46. The molecule has 1 amide bonds. The maximum atomic E-state index is 13.3. The predicted molar refractivity (Wildman–Crippen MR) is 94.3 cm³/mol. The van der Waals surface area contributed by atoms with Gasteiger partial charge in [0.15, 0.2) is 5.69 Å². The molecule has 1 aliphatic carbocycles. The lowest BCUT2D eigenvalue weighted by Gasteiger charge is -2.36. The van der Waals surface area contributed by atoms with Crippen molar-refractivity contribution in [3.05, 3.63) is 41.6 Å². The Morgan fingerprint density at radius 2 is 2.04 bits per heavy atom. The van der Waals surface area contributed by atoms with E-state index in [0.29, 0.717) is 18.2 Å². The van der Waals surface area contributed by atoms with Crippen molar-refractivity contribution in [2.75, 3.05) is 20.1 Å². The van der Waals surface area contributed by atoms with Gasteiger partial charge in [-0.3, -0.25) is 9.48 Å². The van der Waals surface area contributed by atoms with Crippen LogP contribution in [0.25, 0.3) is 0 Å². The van der Waals surface area contributed by atoms with Crippen molar-refractivity contribution in [3.8, 4) is 0 Å². The number of aromatic nitrogens is 2. The van der Waals surface area contributed by atoms with Gasteiger partial charge in [0.05, 0.1) is 12.8 Å². The summed E-state index contributed by atoms with van der Waals surface area (Å²) < 4.78 is 7.39. The number of hydrogen-bond donors (Lipinski definition) is 0. The molecule has 1 aliphatic heterocycles. The van der Waals surface area contributed by atoms with Crippen LogP contribution in [0.2, 0.25) is 0 Å². The second-order valence-electron chi connectivity index (χ2n) is 7.40. The fraction of sp³-hybridized carbons (Fsp3) is 0.579. The van der Waals surface area contributed by atoms with Crippen molar-refractivity contribution in [2.45, 2.75) is 44.2 Å². The Kier molecular flexibility index (Phi) is 4.37. The van der Waals surface area contributed by atoms with E-state index < -0.39 is 0 Å². The average Bonchev–Trinajstić information content (AvgIpc) is 3.17. The molecular weight excluding hydrogens is 316 g/mol. The molecule has 6 heteroatoms. The molecule has 2 aromatic heterocycles. The van der Waals surface area contributed by atoms with E-state index in [-0.39, 0.29) is 11.9 Å². The monoisotopic (exact) mass is 342 g/mol. The largest absolute Gasteiger partial charge is 0.467 e. The number of aryl methyl sites for hydroxylation is 1. The number of carbonyl (C=O) groups is 1. The zero-order valence-corrected chi connectivity index (χ0v) is 15.0. The highest BCUT2D eigenvalue weighted by atomic mass is 16.3. The topological polar surface area (TPSA) is 54.5 Å². The molecule has 0 spiro atoms. The lowest BCUT2D eigenvalue weighted by molar-refractivity contribution is 0.0544. The second-order valence-corrected chi connectivity index (χ2v) is 7.40. The number of furan rings is 1. The summed E-state index contributed by atoms with van der Waals surface area (Å²) in [5.74, 6) is 1.43. The minimum atomic E-state index is 0.0217. The Morgan fingerprint density at radius 1 is 1.28 bits per heavy atom. The highest BCUT2D eigenvalue weighted by molar-refractivity contribution is 5.92. The van der Waals surface area contributed by atoms with Gasteiger partial charge in [-0.2, -0.15) is 5.10 Å². The second kappa shape index (κ2) is 6.67. The summed E-state index contributed by atoms with van der Waals surface area (Å²) in [6.07, 6.45) is 6.06. The molecule has 4 rings (SSSR count). The summed E-state index contributed by atoms with van der Waals surface area (Å²) in [6, 6.07) is 6.03. The molecule has 0 aromatic carbocycles. The molecule has 0 unspecified atom stereocenters. The number of amides is 1. The van der Waals surface area contributed by atoms with Crippen LogP contribution >= 0.6 is 0 Å². The van der Waals surface area contributed by atoms with Gasteiger partial charge in [-0.25, -0.2) is 0 Å². The van der Waals surface area contributed by atoms with E-state index in [1.807, 2.05) is 34.8 Å². The van der Waals surface area contributed by atoms with Crippen LogP contribution in [0.1, 0.15) is 53.5 Å². The van der Waals surface area contributed by atoms with Crippen LogP contribution in [-0.4, -0.2) is 51.7 Å². The third-order valence-corrected chi connectivity index (χ3v) is 5.43. The Bertz CT molecular complexity index is 725. The van der Waals surface area contributed by atoms with E-state index in [1.54, 1.807) is 6.26 Å². The summed E-state index contributed by atoms with van der Waals surface area (Å²) in [5, 5.41) is 4.52. The van der Waals surface area contributed by atoms with Gasteiger partial charge >= 0.3 is 0 Å². The van der Waals surface area contributed by atoms with Crippen LogP contribution in [0.5, 0.6) is 0 Å². The summed E-state index contributed by atoms with van der Waals surface area (Å²) >= 11 is 0. The van der Waals surface area contributed by atoms with E-state index >= 15 is 0 Å². The first-order valence-electron chi connectivity index (χ1n) is 9.17. The molecule has 0 N–H and O–H groups in total. The molecule has 25 heavy (non-hydrogen) atoms. The van der Waals surface area contributed by atoms with Crippen LogP contribution < -0.4 is 0 Å². The van der Waals surface area contributed by atoms with E-state index in [1.165, 1.54) is 18.5 Å². The molecule has 1 saturated heterocycles. The molecule has 0 radical (unpaired) electrons. The zero-order valence-electron chi connectivity index (χ0n) is 15.0. The van der Waals surface area contributed by atoms with Gasteiger partial charge in [0.25, 0.3) is 5.91 Å². The molecule has 2 fully saturated rings. The predicted octanol–water partition coefficient (Wildman–Crippen LogP) is 2.63. The molecule has 3 heterocycles. The number of hydrogen-bond acceptors (Lipinski definition) is 4. The molecule has 6 nitrogen and oxygen atoms in total. The van der Waals surface area contributed by atoms with Gasteiger partial charge in [0.2, 0.25) is 0 Å². The maximum Gasteiger partial charge on any atom is 0.275 e. The van der Waals surface area contributed by atoms with Crippen LogP contribution in [0.4, 0.5) is 0 Å². The minimum Gasteiger partial charge on any atom is -0.467 e. The Balaban J connectivity index is 1.57. The van der Waals surface area contributed by atoms with Crippen LogP contribution in [0.15, 0.2) is 28.9 Å². The Labute approximate surface area is 148 Å². The summed E-state index contributed by atoms with van der Waals surface area (Å²) in [4.78, 5) is 17.5. The lowest BCUT2D eigenvalue weighted by atomic mass is 10.0. The summed E-state index contributed by atoms with van der Waals surface area (Å²) in [6.45, 7) is 2.54. The smallest absolute Gasteiger partial charge is 0.275 e. The first-order chi connectivity index (χ1) is 12.1. The fourth-order valence-corrected chi connectivity index (χ4v) is 3.74. The average molecular weight is 342 g/mol. The van der Waals surface area contributed by atoms with Crippen LogP contribution in [-0.2, 0) is 13.6 Å². The third-order valence-electron chi connectivity index (χ3n) is 5.43. The number of carbonyl (C=O) groups excluding carboxylic acids is 1. The molecule has 2 aromatic rings. The molecule has 134 valence electrons. The molecule has 0 atom stereocenters. The Hall–Kier alpha value is -2.08. The van der Waals surface area contributed by atoms with E-state index in [2.05, 4.69) is 17.0 Å². The van der Waals surface area contributed by atoms with E-state index in [9.17, 15) is 4.79 Å². The number of piperidine rings is 1. The van der Waals surface area contributed by atoms with Crippen molar-refractivity contribution in [2.24, 2.45) is 7.05 Å². The Morgan fingerprint density at radius 3 is 2.68 bits per heavy atom. The highest BCUT2D eigenvalue weighted by Crippen LogP contribution is 2.40. The first-order valence-corrected chi connectivity index (χ1v) is 9.17. The van der Waals surface area contributed by atoms with Crippen molar-refractivity contribution < 1.29 is 9.21 Å². The van der Waals surface area contributed by atoms with Crippen molar-refractivity contribution in [1.29, 1.82) is 0 Å². The zero-order chi connectivity index (χ0) is 17.4. The highest BCUT2D eigenvalue weighted by Gasteiger charge is 2.32. The van der Waals surface area contributed by atoms with Gasteiger partial charge in [-0.1, -0.05) is 0 Å². The fourth-order valence-electron chi connectivity index (χ4n) is 3.74. The van der Waals surface area contributed by atoms with Gasteiger partial charge in [0, 0.05) is 24.7 Å². The van der Waals surface area contributed by atoms with Crippen LogP contribution in [0.3, 0.4) is 0 Å². The van der Waals surface area contributed by atoms with Gasteiger partial charge < -0.3 is 14.2 Å². The molecular formula is C19H26N4O2. The quantitative estimate of drug-likeness (QED) is 0.838. The van der Waals surface area contributed by atoms with Crippen molar-refractivity contribution in [3.63, 3.8) is 0 Å². The van der Waals surface area contributed by atoms with Crippen LogP contribution in [0, 0.1) is 0 Å². The van der Waals surface area contributed by atoms with Gasteiger partial charge in [0.1, 0.15) is 5.76 Å². The maximum absolute atomic E-state index is 13.3. The number of rotatable bonds is 5. The number of likely N-dealkylation sites (tertiary alicyclic amines) is 1. The molecule has 1 saturated carbocycles. The van der Waals surface area contributed by atoms with Crippen molar-refractivity contribution >= 4 is 5.91 Å². The first kappa shape index (κ1) is 16.4. The van der Waals surface area contributed by atoms with Gasteiger partial charge in [-0.05, 0) is 64.0 Å². The van der Waals surface area contributed by atoms with Gasteiger partial charge in [-0.15, -0.1) is 0 Å². The normalized spacial score (nSPS) is 19.3. The summed E-state index contributed by atoms with van der Waals surface area (Å²) in [5.41, 5.74) is 1.75. The summed E-state index contributed by atoms with van der Waals surface area (Å²) in [7, 11) is 4.08. The van der Waals surface area contributed by atoms with E-state index in [4.69, 9.17) is 4.42 Å². The SMILES string of the molecule is CN1CCC(N(Cc2ccco2)C(=O)c2cc(C3CC3)n(C)n2)CC1. The number of nitrogens with zero attached hydrogens (tertiary/aromatic N) is 4. The third kappa shape index (κ3) is 3.49. The standard InChI is InChI=1S/C19H26N4O2/c1-21-9-7-15(8-10-21)23(13-16-4-3-11-25-16)19(24)17-12-18(14-5-6-14)22(2)20-17/h3-4,11-12,14-15H,5-10,13H2,1-2H3.